The van der Waals surface area contributed by atoms with E-state index >= 15 is 0 Å². The average Bonchev–Trinajstić information content (AvgIpc) is 2.19. The molecule has 86 valence electrons. The summed E-state index contributed by atoms with van der Waals surface area (Å²) < 4.78 is 0. The molecule has 0 saturated carbocycles. The van der Waals surface area contributed by atoms with Crippen LogP contribution in [-0.2, 0) is 9.59 Å². The Balaban J connectivity index is 2.80. The number of aromatic nitrogens is 1. The van der Waals surface area contributed by atoms with Crippen molar-refractivity contribution in [2.75, 3.05) is 0 Å². The van der Waals surface area contributed by atoms with Gasteiger partial charge in [0.1, 0.15) is 11.6 Å². The van der Waals surface area contributed by atoms with Crippen LogP contribution < -0.4 is 0 Å². The van der Waals surface area contributed by atoms with Gasteiger partial charge in [-0.1, -0.05) is 17.8 Å². The van der Waals surface area contributed by atoms with Crippen LogP contribution in [0.25, 0.3) is 0 Å². The van der Waals surface area contributed by atoms with Crippen molar-refractivity contribution in [2.45, 2.75) is 37.5 Å². The van der Waals surface area contributed by atoms with Gasteiger partial charge < -0.3 is 0 Å². The third-order valence-electron chi connectivity index (χ3n) is 2.14. The minimum absolute atomic E-state index is 0.0188. The molecule has 0 bridgehead atoms. The van der Waals surface area contributed by atoms with Crippen molar-refractivity contribution in [1.82, 2.24) is 4.98 Å². The fraction of sp³-hybridized carbons (Fsp3) is 0.417. The second-order valence-electron chi connectivity index (χ2n) is 3.75. The Kier molecular flexibility index (Phi) is 4.68. The van der Waals surface area contributed by atoms with Crippen LogP contribution in [0, 0.1) is 6.92 Å². The van der Waals surface area contributed by atoms with Gasteiger partial charge in [-0.3, -0.25) is 9.59 Å². The third kappa shape index (κ3) is 3.77. The highest BCUT2D eigenvalue weighted by Gasteiger charge is 2.19. The van der Waals surface area contributed by atoms with Gasteiger partial charge in [0.15, 0.2) is 0 Å². The molecule has 0 aliphatic heterocycles. The number of rotatable bonds is 5. The Hall–Kier alpha value is -1.16. The van der Waals surface area contributed by atoms with Crippen LogP contribution in [0.4, 0.5) is 0 Å². The fourth-order valence-corrected chi connectivity index (χ4v) is 2.39. The summed E-state index contributed by atoms with van der Waals surface area (Å²) >= 11 is 1.37. The third-order valence-corrected chi connectivity index (χ3v) is 3.58. The molecule has 16 heavy (non-hydrogen) atoms. The molecule has 1 rings (SSSR count). The molecular formula is C12H15NO2S. The largest absolute Gasteiger partial charge is 0.300 e. The number of Topliss-reactive ketones (excluding diaryl/α,β-unsaturated/α-hetero) is 2. The summed E-state index contributed by atoms with van der Waals surface area (Å²) in [5.74, 6) is 0.0477. The number of aryl methyl sites for hydroxylation is 1. The second kappa shape index (κ2) is 5.80. The molecule has 1 heterocycles. The molecular weight excluding hydrogens is 222 g/mol. The van der Waals surface area contributed by atoms with E-state index in [1.807, 2.05) is 19.1 Å². The van der Waals surface area contributed by atoms with E-state index in [1.165, 1.54) is 25.6 Å². The van der Waals surface area contributed by atoms with E-state index in [2.05, 4.69) is 4.98 Å². The van der Waals surface area contributed by atoms with E-state index < -0.39 is 0 Å². The van der Waals surface area contributed by atoms with Crippen LogP contribution in [0.15, 0.2) is 23.4 Å². The smallest absolute Gasteiger partial charge is 0.143 e. The van der Waals surface area contributed by atoms with Crippen LogP contribution in [-0.4, -0.2) is 21.8 Å². The Labute approximate surface area is 99.7 Å². The Morgan fingerprint density at radius 3 is 2.62 bits per heavy atom. The van der Waals surface area contributed by atoms with Gasteiger partial charge in [-0.05, 0) is 32.4 Å². The highest BCUT2D eigenvalue weighted by Crippen LogP contribution is 2.26. The summed E-state index contributed by atoms with van der Waals surface area (Å²) in [6.07, 6.45) is 1.97. The Bertz CT molecular complexity index is 404. The molecule has 0 N–H and O–H groups in total. The molecule has 1 aromatic heterocycles. The van der Waals surface area contributed by atoms with Crippen LogP contribution >= 0.6 is 11.8 Å². The minimum atomic E-state index is -0.314. The Morgan fingerprint density at radius 1 is 1.44 bits per heavy atom. The number of ketones is 2. The maximum atomic E-state index is 11.4. The van der Waals surface area contributed by atoms with Crippen molar-refractivity contribution >= 4 is 23.3 Å². The Morgan fingerprint density at radius 2 is 2.12 bits per heavy atom. The maximum absolute atomic E-state index is 11.4. The first kappa shape index (κ1) is 12.9. The zero-order chi connectivity index (χ0) is 12.1. The molecule has 1 atom stereocenters. The minimum Gasteiger partial charge on any atom is -0.300 e. The van der Waals surface area contributed by atoms with Crippen molar-refractivity contribution in [2.24, 2.45) is 0 Å². The first-order valence-electron chi connectivity index (χ1n) is 5.09. The highest BCUT2D eigenvalue weighted by molar-refractivity contribution is 8.00. The second-order valence-corrected chi connectivity index (χ2v) is 4.94. The van der Waals surface area contributed by atoms with E-state index in [0.29, 0.717) is 0 Å². The zero-order valence-electron chi connectivity index (χ0n) is 9.69. The van der Waals surface area contributed by atoms with Crippen LogP contribution in [0.3, 0.4) is 0 Å². The molecule has 4 heteroatoms. The molecule has 0 spiro atoms. The van der Waals surface area contributed by atoms with E-state index in [0.717, 1.165) is 10.6 Å². The van der Waals surface area contributed by atoms with Crippen molar-refractivity contribution in [3.63, 3.8) is 0 Å². The molecule has 0 fully saturated rings. The summed E-state index contributed by atoms with van der Waals surface area (Å²) in [4.78, 5) is 26.6. The summed E-state index contributed by atoms with van der Waals surface area (Å²) in [7, 11) is 0. The quantitative estimate of drug-likeness (QED) is 0.738. The molecule has 0 aliphatic carbocycles. The van der Waals surface area contributed by atoms with Crippen molar-refractivity contribution in [3.05, 3.63) is 23.9 Å². The van der Waals surface area contributed by atoms with Gasteiger partial charge >= 0.3 is 0 Å². The van der Waals surface area contributed by atoms with E-state index in [-0.39, 0.29) is 23.2 Å². The summed E-state index contributed by atoms with van der Waals surface area (Å²) in [6, 6.07) is 3.80. The van der Waals surface area contributed by atoms with E-state index in [4.69, 9.17) is 0 Å². The number of pyridine rings is 1. The topological polar surface area (TPSA) is 47.0 Å². The first-order chi connectivity index (χ1) is 7.50. The lowest BCUT2D eigenvalue weighted by Gasteiger charge is -2.12. The maximum Gasteiger partial charge on any atom is 0.143 e. The van der Waals surface area contributed by atoms with Gasteiger partial charge in [-0.2, -0.15) is 0 Å². The number of thioether (sulfide) groups is 1. The SMILES string of the molecule is CC(=O)C[C@H](Sc1ncccc1C)C(C)=O. The predicted molar refractivity (Wildman–Crippen MR) is 64.6 cm³/mol. The predicted octanol–water partition coefficient (Wildman–Crippen LogP) is 2.42. The van der Waals surface area contributed by atoms with Gasteiger partial charge in [0.05, 0.1) is 10.3 Å². The lowest BCUT2D eigenvalue weighted by atomic mass is 10.2. The molecule has 0 radical (unpaired) electrons. The number of hydrogen-bond acceptors (Lipinski definition) is 4. The van der Waals surface area contributed by atoms with Crippen LogP contribution in [0.5, 0.6) is 0 Å². The van der Waals surface area contributed by atoms with Gasteiger partial charge in [0.2, 0.25) is 0 Å². The molecule has 0 saturated heterocycles. The number of hydrogen-bond donors (Lipinski definition) is 0. The van der Waals surface area contributed by atoms with Crippen molar-refractivity contribution < 1.29 is 9.59 Å². The monoisotopic (exact) mass is 237 g/mol. The number of carbonyl (C=O) groups excluding carboxylic acids is 2. The van der Waals surface area contributed by atoms with Gasteiger partial charge in [-0.25, -0.2) is 4.98 Å². The standard InChI is InChI=1S/C12H15NO2S/c1-8-5-4-6-13-12(8)16-11(10(3)15)7-9(2)14/h4-6,11H,7H2,1-3H3/t11-/m0/s1. The van der Waals surface area contributed by atoms with Gasteiger partial charge in [0, 0.05) is 12.6 Å². The van der Waals surface area contributed by atoms with E-state index in [1.54, 1.807) is 6.20 Å². The molecule has 0 aromatic carbocycles. The van der Waals surface area contributed by atoms with Crippen LogP contribution in [0.2, 0.25) is 0 Å². The van der Waals surface area contributed by atoms with E-state index in [9.17, 15) is 9.59 Å². The average molecular weight is 237 g/mol. The number of carbonyl (C=O) groups is 2. The lowest BCUT2D eigenvalue weighted by molar-refractivity contribution is -0.121. The molecule has 3 nitrogen and oxygen atoms in total. The van der Waals surface area contributed by atoms with Crippen molar-refractivity contribution in [3.8, 4) is 0 Å². The van der Waals surface area contributed by atoms with Gasteiger partial charge in [-0.15, -0.1) is 0 Å². The number of nitrogens with zero attached hydrogens (tertiary/aromatic N) is 1. The molecule has 0 aliphatic rings. The normalized spacial score (nSPS) is 12.2. The van der Waals surface area contributed by atoms with Crippen LogP contribution in [0.1, 0.15) is 25.8 Å². The molecule has 0 unspecified atom stereocenters. The van der Waals surface area contributed by atoms with Gasteiger partial charge in [0.25, 0.3) is 0 Å². The lowest BCUT2D eigenvalue weighted by Crippen LogP contribution is -2.17. The summed E-state index contributed by atoms with van der Waals surface area (Å²) in [5, 5.41) is 0.509. The first-order valence-corrected chi connectivity index (χ1v) is 5.97. The zero-order valence-corrected chi connectivity index (χ0v) is 10.5. The van der Waals surface area contributed by atoms with Crippen molar-refractivity contribution in [1.29, 1.82) is 0 Å². The highest BCUT2D eigenvalue weighted by atomic mass is 32.2. The fourth-order valence-electron chi connectivity index (χ4n) is 1.26. The molecule has 1 aromatic rings. The summed E-state index contributed by atoms with van der Waals surface area (Å²) in [6.45, 7) is 4.96. The summed E-state index contributed by atoms with van der Waals surface area (Å²) in [5.41, 5.74) is 1.03. The molecule has 0 amide bonds.